The molecule has 0 saturated heterocycles. The van der Waals surface area contributed by atoms with Crippen molar-refractivity contribution < 1.29 is 0 Å². The Morgan fingerprint density at radius 1 is 0.781 bits per heavy atom. The van der Waals surface area contributed by atoms with Gasteiger partial charge in [0.1, 0.15) is 0 Å². The van der Waals surface area contributed by atoms with E-state index in [2.05, 4.69) is 4.98 Å². The summed E-state index contributed by atoms with van der Waals surface area (Å²) in [6, 6.07) is 18.1. The number of nitrogens with zero attached hydrogens (tertiary/aromatic N) is 3. The van der Waals surface area contributed by atoms with Gasteiger partial charge in [-0.2, -0.15) is 0 Å². The minimum atomic E-state index is -0.302. The van der Waals surface area contributed by atoms with Crippen molar-refractivity contribution in [2.75, 3.05) is 0 Å². The van der Waals surface area contributed by atoms with Gasteiger partial charge in [-0.25, -0.2) is 4.98 Å². The van der Waals surface area contributed by atoms with Crippen LogP contribution < -0.4 is 11.1 Å². The van der Waals surface area contributed by atoms with Gasteiger partial charge in [-0.05, 0) is 48.9 Å². The van der Waals surface area contributed by atoms with Crippen molar-refractivity contribution in [3.63, 3.8) is 0 Å². The fraction of sp³-hybridized carbons (Fsp3) is 0.0800. The third kappa shape index (κ3) is 3.70. The van der Waals surface area contributed by atoms with Crippen molar-refractivity contribution in [3.05, 3.63) is 115 Å². The number of fused-ring (bicyclic) bond motifs is 2. The first-order chi connectivity index (χ1) is 15.4. The average molecular weight is 462 g/mol. The van der Waals surface area contributed by atoms with Crippen molar-refractivity contribution in [3.8, 4) is 5.69 Å². The summed E-state index contributed by atoms with van der Waals surface area (Å²) in [6.07, 6.45) is 3.36. The Labute approximate surface area is 193 Å². The molecule has 0 aliphatic rings. The van der Waals surface area contributed by atoms with Crippen LogP contribution in [0.15, 0.2) is 82.6 Å². The number of hydrogen-bond acceptors (Lipinski definition) is 3. The van der Waals surface area contributed by atoms with Crippen LogP contribution in [0.25, 0.3) is 27.5 Å². The summed E-state index contributed by atoms with van der Waals surface area (Å²) < 4.78 is 3.07. The summed E-state index contributed by atoms with van der Waals surface area (Å²) in [5.74, 6) is 0. The Morgan fingerprint density at radius 3 is 2.09 bits per heavy atom. The van der Waals surface area contributed by atoms with Gasteiger partial charge in [-0.1, -0.05) is 53.0 Å². The van der Waals surface area contributed by atoms with Crippen LogP contribution in [0.3, 0.4) is 0 Å². The maximum absolute atomic E-state index is 13.2. The largest absolute Gasteiger partial charge is 0.310 e. The number of pyridine rings is 3. The van der Waals surface area contributed by atoms with Crippen LogP contribution in [-0.2, 0) is 6.54 Å². The van der Waals surface area contributed by atoms with Crippen LogP contribution in [0.1, 0.15) is 11.1 Å². The molecule has 32 heavy (non-hydrogen) atoms. The topological polar surface area (TPSA) is 56.9 Å². The molecule has 0 aliphatic carbocycles. The van der Waals surface area contributed by atoms with Crippen molar-refractivity contribution >= 4 is 45.0 Å². The molecule has 5 nitrogen and oxygen atoms in total. The summed E-state index contributed by atoms with van der Waals surface area (Å²) in [7, 11) is 0. The number of hydrogen-bond donors (Lipinski definition) is 0. The van der Waals surface area contributed by atoms with Gasteiger partial charge in [0.05, 0.1) is 34.0 Å². The molecule has 0 N–H and O–H groups in total. The lowest BCUT2D eigenvalue weighted by atomic mass is 10.1. The highest BCUT2D eigenvalue weighted by Crippen LogP contribution is 2.22. The predicted octanol–water partition coefficient (Wildman–Crippen LogP) is 5.36. The first-order valence-electron chi connectivity index (χ1n) is 9.97. The molecule has 0 fully saturated rings. The molecule has 0 aliphatic heterocycles. The predicted molar refractivity (Wildman–Crippen MR) is 129 cm³/mol. The Bertz CT molecular complexity index is 1600. The molecular weight excluding hydrogens is 445 g/mol. The third-order valence-electron chi connectivity index (χ3n) is 5.41. The molecule has 5 rings (SSSR count). The maximum Gasteiger partial charge on any atom is 0.264 e. The molecule has 0 atom stereocenters. The summed E-state index contributed by atoms with van der Waals surface area (Å²) in [5.41, 5.74) is 3.28. The lowest BCUT2D eigenvalue weighted by molar-refractivity contribution is 0.767. The highest BCUT2D eigenvalue weighted by Gasteiger charge is 2.12. The Balaban J connectivity index is 1.67. The van der Waals surface area contributed by atoms with Gasteiger partial charge in [-0.3, -0.25) is 14.2 Å². The van der Waals surface area contributed by atoms with E-state index < -0.39 is 0 Å². The van der Waals surface area contributed by atoms with Crippen molar-refractivity contribution in [1.29, 1.82) is 0 Å². The molecule has 5 aromatic rings. The van der Waals surface area contributed by atoms with Gasteiger partial charge in [0.15, 0.2) is 0 Å². The maximum atomic E-state index is 13.2. The Hall–Kier alpha value is -3.41. The van der Waals surface area contributed by atoms with Crippen LogP contribution in [0.2, 0.25) is 10.0 Å². The normalized spacial score (nSPS) is 11.3. The molecule has 0 bridgehead atoms. The summed E-state index contributed by atoms with van der Waals surface area (Å²) in [6.45, 7) is 2.46. The second-order valence-electron chi connectivity index (χ2n) is 7.71. The fourth-order valence-corrected chi connectivity index (χ4v) is 4.28. The van der Waals surface area contributed by atoms with Crippen molar-refractivity contribution in [2.24, 2.45) is 0 Å². The lowest BCUT2D eigenvalue weighted by Crippen LogP contribution is -2.22. The minimum absolute atomic E-state index is 0.196. The molecule has 7 heteroatoms. The van der Waals surface area contributed by atoms with Crippen LogP contribution in [-0.4, -0.2) is 14.1 Å². The van der Waals surface area contributed by atoms with E-state index in [1.807, 2.05) is 31.2 Å². The van der Waals surface area contributed by atoms with E-state index in [0.717, 1.165) is 11.1 Å². The van der Waals surface area contributed by atoms with E-state index in [4.69, 9.17) is 23.2 Å². The zero-order valence-electron chi connectivity index (χ0n) is 17.0. The van der Waals surface area contributed by atoms with Crippen molar-refractivity contribution in [1.82, 2.24) is 14.1 Å². The van der Waals surface area contributed by atoms with E-state index in [0.29, 0.717) is 44.1 Å². The SMILES string of the molecule is Cc1ccc(Cn2ccc3nc4ccn(-c5cc(Cl)cc(Cl)c5)c(=O)c4cc3c2=O)cc1. The molecule has 158 valence electrons. The molecule has 0 unspecified atom stereocenters. The van der Waals surface area contributed by atoms with E-state index in [-0.39, 0.29) is 11.1 Å². The Kier molecular flexibility index (Phi) is 5.08. The zero-order chi connectivity index (χ0) is 22.4. The molecule has 0 spiro atoms. The van der Waals surface area contributed by atoms with Crippen molar-refractivity contribution in [2.45, 2.75) is 13.5 Å². The fourth-order valence-electron chi connectivity index (χ4n) is 3.76. The number of aromatic nitrogens is 3. The van der Waals surface area contributed by atoms with Gasteiger partial charge in [0.2, 0.25) is 0 Å². The first kappa shape index (κ1) is 20.5. The summed E-state index contributed by atoms with van der Waals surface area (Å²) in [4.78, 5) is 31.0. The second-order valence-corrected chi connectivity index (χ2v) is 8.58. The van der Waals surface area contributed by atoms with Crippen LogP contribution in [0, 0.1) is 6.92 Å². The summed E-state index contributed by atoms with van der Waals surface area (Å²) in [5, 5.41) is 1.60. The zero-order valence-corrected chi connectivity index (χ0v) is 18.6. The number of benzene rings is 2. The number of rotatable bonds is 3. The quantitative estimate of drug-likeness (QED) is 0.339. The smallest absolute Gasteiger partial charge is 0.264 e. The molecule has 2 aromatic carbocycles. The van der Waals surface area contributed by atoms with Gasteiger partial charge < -0.3 is 4.57 Å². The highest BCUT2D eigenvalue weighted by molar-refractivity contribution is 6.34. The summed E-state index contributed by atoms with van der Waals surface area (Å²) >= 11 is 12.2. The molecular formula is C25H17Cl2N3O2. The van der Waals surface area contributed by atoms with Crippen LogP contribution >= 0.6 is 23.2 Å². The van der Waals surface area contributed by atoms with Gasteiger partial charge in [-0.15, -0.1) is 0 Å². The highest BCUT2D eigenvalue weighted by atomic mass is 35.5. The number of halogens is 2. The molecule has 0 saturated carbocycles. The third-order valence-corrected chi connectivity index (χ3v) is 5.85. The molecule has 3 heterocycles. The molecule has 0 amide bonds. The van der Waals surface area contributed by atoms with E-state index in [9.17, 15) is 9.59 Å². The van der Waals surface area contributed by atoms with Crippen LogP contribution in [0.5, 0.6) is 0 Å². The van der Waals surface area contributed by atoms with Gasteiger partial charge in [0, 0.05) is 22.4 Å². The molecule has 3 aromatic heterocycles. The Morgan fingerprint density at radius 2 is 1.41 bits per heavy atom. The van der Waals surface area contributed by atoms with E-state index in [1.165, 1.54) is 4.57 Å². The van der Waals surface area contributed by atoms with E-state index in [1.54, 1.807) is 53.4 Å². The minimum Gasteiger partial charge on any atom is -0.310 e. The average Bonchev–Trinajstić information content (AvgIpc) is 2.76. The van der Waals surface area contributed by atoms with Gasteiger partial charge >= 0.3 is 0 Å². The monoisotopic (exact) mass is 461 g/mol. The molecule has 0 radical (unpaired) electrons. The second kappa shape index (κ2) is 7.93. The standard InChI is InChI=1S/C25H17Cl2N3O2/c1-15-2-4-16(5-3-15)14-29-8-6-22-20(24(29)31)13-21-23(28-22)7-9-30(25(21)32)19-11-17(26)10-18(27)12-19/h2-13H,14H2,1H3. The lowest BCUT2D eigenvalue weighted by Gasteiger charge is -2.10. The van der Waals surface area contributed by atoms with Gasteiger partial charge in [0.25, 0.3) is 11.1 Å². The first-order valence-corrected chi connectivity index (χ1v) is 10.7. The van der Waals surface area contributed by atoms with E-state index >= 15 is 0 Å². The number of aryl methyl sites for hydroxylation is 1. The van der Waals surface area contributed by atoms with Crippen LogP contribution in [0.4, 0.5) is 0 Å².